The number of ether oxygens (including phenoxy) is 1. The third kappa shape index (κ3) is 3.45. The molecule has 0 bridgehead atoms. The zero-order chi connectivity index (χ0) is 19.8. The Hall–Kier alpha value is -2.92. The first-order valence-electron chi connectivity index (χ1n) is 9.03. The zero-order valence-electron chi connectivity index (χ0n) is 15.2. The first-order valence-corrected chi connectivity index (χ1v) is 9.40. The molecule has 0 fully saturated rings. The van der Waals surface area contributed by atoms with Crippen LogP contribution < -0.4 is 5.43 Å². The molecule has 142 valence electrons. The van der Waals surface area contributed by atoms with Gasteiger partial charge < -0.3 is 9.15 Å². The van der Waals surface area contributed by atoms with Crippen molar-refractivity contribution < 1.29 is 18.7 Å². The minimum absolute atomic E-state index is 0.224. The number of rotatable bonds is 4. The van der Waals surface area contributed by atoms with Gasteiger partial charge in [-0.15, -0.1) is 0 Å². The van der Waals surface area contributed by atoms with Gasteiger partial charge in [0.2, 0.25) is 11.5 Å². The molecule has 1 aromatic heterocycles. The highest BCUT2D eigenvalue weighted by atomic mass is 35.5. The van der Waals surface area contributed by atoms with Crippen LogP contribution in [-0.2, 0) is 17.6 Å². The van der Waals surface area contributed by atoms with Gasteiger partial charge in [0.15, 0.2) is 11.5 Å². The Labute approximate surface area is 165 Å². The van der Waals surface area contributed by atoms with Crippen LogP contribution in [0.25, 0.3) is 11.0 Å². The van der Waals surface area contributed by atoms with E-state index in [1.165, 1.54) is 30.2 Å². The fourth-order valence-corrected chi connectivity index (χ4v) is 3.63. The minimum Gasteiger partial charge on any atom is -0.449 e. The first-order chi connectivity index (χ1) is 13.4. The van der Waals surface area contributed by atoms with Crippen molar-refractivity contribution in [2.24, 2.45) is 0 Å². The van der Waals surface area contributed by atoms with Gasteiger partial charge in [0.05, 0.1) is 5.39 Å². The average molecular weight is 397 g/mol. The smallest absolute Gasteiger partial charge is 0.375 e. The Morgan fingerprint density at radius 2 is 1.86 bits per heavy atom. The van der Waals surface area contributed by atoms with E-state index in [4.69, 9.17) is 20.8 Å². The zero-order valence-corrected chi connectivity index (χ0v) is 15.9. The van der Waals surface area contributed by atoms with Crippen molar-refractivity contribution in [1.82, 2.24) is 0 Å². The number of Topliss-reactive ketones (excluding diaryl/α,β-unsaturated/α-hetero) is 1. The summed E-state index contributed by atoms with van der Waals surface area (Å²) >= 11 is 5.88. The standard InChI is InChI=1S/C22H17ClO5/c1-12(21(25)15-6-5-13-3-2-4-14(13)9-15)27-22(26)20-11-18(24)17-10-16(23)7-8-19(17)28-20/h5-12H,2-4H2,1H3/t12-/m1/s1. The fraction of sp³-hybridized carbons (Fsp3) is 0.227. The van der Waals surface area contributed by atoms with Gasteiger partial charge in [-0.25, -0.2) is 4.79 Å². The van der Waals surface area contributed by atoms with Crippen molar-refractivity contribution in [2.45, 2.75) is 32.3 Å². The second-order valence-corrected chi connectivity index (χ2v) is 7.30. The van der Waals surface area contributed by atoms with Crippen LogP contribution in [0.3, 0.4) is 0 Å². The molecule has 5 nitrogen and oxygen atoms in total. The molecule has 0 unspecified atom stereocenters. The number of carbonyl (C=O) groups excluding carboxylic acids is 2. The summed E-state index contributed by atoms with van der Waals surface area (Å²) in [7, 11) is 0. The Morgan fingerprint density at radius 3 is 2.68 bits per heavy atom. The summed E-state index contributed by atoms with van der Waals surface area (Å²) in [5.74, 6) is -1.41. The van der Waals surface area contributed by atoms with Gasteiger partial charge in [-0.1, -0.05) is 23.7 Å². The quantitative estimate of drug-likeness (QED) is 0.483. The molecule has 28 heavy (non-hydrogen) atoms. The second kappa shape index (κ2) is 7.24. The lowest BCUT2D eigenvalue weighted by molar-refractivity contribution is 0.0289. The number of benzene rings is 2. The van der Waals surface area contributed by atoms with E-state index in [0.29, 0.717) is 10.6 Å². The van der Waals surface area contributed by atoms with Crippen molar-refractivity contribution in [3.63, 3.8) is 0 Å². The van der Waals surface area contributed by atoms with Gasteiger partial charge >= 0.3 is 5.97 Å². The van der Waals surface area contributed by atoms with Crippen molar-refractivity contribution in [2.75, 3.05) is 0 Å². The summed E-state index contributed by atoms with van der Waals surface area (Å²) in [5, 5.41) is 0.662. The van der Waals surface area contributed by atoms with Gasteiger partial charge in [0, 0.05) is 16.7 Å². The van der Waals surface area contributed by atoms with E-state index in [-0.39, 0.29) is 22.5 Å². The molecule has 0 saturated heterocycles. The Kier molecular flexibility index (Phi) is 4.77. The van der Waals surface area contributed by atoms with Gasteiger partial charge in [0.25, 0.3) is 0 Å². The monoisotopic (exact) mass is 396 g/mol. The predicted octanol–water partition coefficient (Wildman–Crippen LogP) is 4.36. The van der Waals surface area contributed by atoms with Crippen molar-refractivity contribution >= 4 is 34.3 Å². The lowest BCUT2D eigenvalue weighted by atomic mass is 10.0. The van der Waals surface area contributed by atoms with Crippen LogP contribution >= 0.6 is 11.6 Å². The van der Waals surface area contributed by atoms with Gasteiger partial charge in [-0.05, 0) is 61.6 Å². The Bertz CT molecular complexity index is 1160. The van der Waals surface area contributed by atoms with E-state index >= 15 is 0 Å². The molecule has 0 N–H and O–H groups in total. The normalized spacial score (nSPS) is 13.9. The van der Waals surface area contributed by atoms with E-state index in [0.717, 1.165) is 25.3 Å². The van der Waals surface area contributed by atoms with E-state index in [2.05, 4.69) is 0 Å². The summed E-state index contributed by atoms with van der Waals surface area (Å²) < 4.78 is 10.7. The third-order valence-corrected chi connectivity index (χ3v) is 5.16. The van der Waals surface area contributed by atoms with Crippen LogP contribution in [-0.4, -0.2) is 17.9 Å². The number of halogens is 1. The topological polar surface area (TPSA) is 73.6 Å². The molecule has 4 rings (SSSR count). The third-order valence-electron chi connectivity index (χ3n) is 4.93. The van der Waals surface area contributed by atoms with Gasteiger partial charge in [-0.3, -0.25) is 9.59 Å². The number of aryl methyl sites for hydroxylation is 2. The highest BCUT2D eigenvalue weighted by molar-refractivity contribution is 6.31. The van der Waals surface area contributed by atoms with Crippen molar-refractivity contribution in [3.8, 4) is 0 Å². The van der Waals surface area contributed by atoms with Crippen LogP contribution in [0, 0.1) is 0 Å². The van der Waals surface area contributed by atoms with Crippen LogP contribution in [0.15, 0.2) is 51.7 Å². The van der Waals surface area contributed by atoms with Crippen LogP contribution in [0.4, 0.5) is 0 Å². The number of carbonyl (C=O) groups is 2. The van der Waals surface area contributed by atoms with Crippen LogP contribution in [0.2, 0.25) is 5.02 Å². The van der Waals surface area contributed by atoms with Crippen LogP contribution in [0.5, 0.6) is 0 Å². The maximum Gasteiger partial charge on any atom is 0.375 e. The molecule has 1 heterocycles. The highest BCUT2D eigenvalue weighted by Gasteiger charge is 2.24. The Morgan fingerprint density at radius 1 is 1.07 bits per heavy atom. The molecule has 6 heteroatoms. The molecule has 0 spiro atoms. The summed E-state index contributed by atoms with van der Waals surface area (Å²) in [5.41, 5.74) is 2.76. The van der Waals surface area contributed by atoms with Crippen molar-refractivity contribution in [1.29, 1.82) is 0 Å². The molecule has 3 aromatic rings. The SMILES string of the molecule is C[C@@H](OC(=O)c1cc(=O)c2cc(Cl)ccc2o1)C(=O)c1ccc2c(c1)CCC2. The largest absolute Gasteiger partial charge is 0.449 e. The lowest BCUT2D eigenvalue weighted by Crippen LogP contribution is -2.25. The van der Waals surface area contributed by atoms with Crippen molar-refractivity contribution in [3.05, 3.63) is 80.2 Å². The summed E-state index contributed by atoms with van der Waals surface area (Å²) in [6.45, 7) is 1.51. The first kappa shape index (κ1) is 18.4. The molecule has 0 radical (unpaired) electrons. The maximum absolute atomic E-state index is 12.6. The summed E-state index contributed by atoms with van der Waals surface area (Å²) in [6.07, 6.45) is 2.07. The van der Waals surface area contributed by atoms with Crippen LogP contribution in [0.1, 0.15) is 45.4 Å². The molecule has 0 saturated carbocycles. The highest BCUT2D eigenvalue weighted by Crippen LogP contribution is 2.24. The minimum atomic E-state index is -1.00. The molecule has 1 atom stereocenters. The Balaban J connectivity index is 1.54. The van der Waals surface area contributed by atoms with E-state index in [1.54, 1.807) is 12.1 Å². The molecule has 0 amide bonds. The molecular weight excluding hydrogens is 380 g/mol. The summed E-state index contributed by atoms with van der Waals surface area (Å²) in [6, 6.07) is 11.2. The van der Waals surface area contributed by atoms with Gasteiger partial charge in [0.1, 0.15) is 5.58 Å². The van der Waals surface area contributed by atoms with E-state index in [9.17, 15) is 14.4 Å². The van der Waals surface area contributed by atoms with Gasteiger partial charge in [-0.2, -0.15) is 0 Å². The second-order valence-electron chi connectivity index (χ2n) is 6.86. The molecular formula is C22H17ClO5. The number of hydrogen-bond donors (Lipinski definition) is 0. The number of ketones is 1. The molecule has 0 aliphatic heterocycles. The lowest BCUT2D eigenvalue weighted by Gasteiger charge is -2.13. The molecule has 1 aliphatic carbocycles. The fourth-order valence-electron chi connectivity index (χ4n) is 3.46. The number of esters is 1. The summed E-state index contributed by atoms with van der Waals surface area (Å²) in [4.78, 5) is 37.3. The number of fused-ring (bicyclic) bond motifs is 2. The maximum atomic E-state index is 12.6. The molecule has 2 aromatic carbocycles. The number of hydrogen-bond acceptors (Lipinski definition) is 5. The van der Waals surface area contributed by atoms with E-state index < -0.39 is 17.5 Å². The van der Waals surface area contributed by atoms with E-state index in [1.807, 2.05) is 12.1 Å². The predicted molar refractivity (Wildman–Crippen MR) is 105 cm³/mol. The average Bonchev–Trinajstić information content (AvgIpc) is 3.15. The molecule has 1 aliphatic rings.